The third-order valence-corrected chi connectivity index (χ3v) is 3.77. The fraction of sp³-hybridized carbons (Fsp3) is 0.500. The van der Waals surface area contributed by atoms with Gasteiger partial charge in [0.25, 0.3) is 0 Å². The van der Waals surface area contributed by atoms with E-state index < -0.39 is 0 Å². The van der Waals surface area contributed by atoms with Crippen LogP contribution in [0.2, 0.25) is 0 Å². The third-order valence-electron chi connectivity index (χ3n) is 3.77. The van der Waals surface area contributed by atoms with Gasteiger partial charge in [0.2, 0.25) is 5.95 Å². The summed E-state index contributed by atoms with van der Waals surface area (Å²) >= 11 is 0. The summed E-state index contributed by atoms with van der Waals surface area (Å²) in [5.74, 6) is 2.04. The normalized spacial score (nSPS) is 19.1. The maximum absolute atomic E-state index is 6.01. The Bertz CT molecular complexity index is 573. The lowest BCUT2D eigenvalue weighted by atomic mass is 10.1. The van der Waals surface area contributed by atoms with E-state index in [1.54, 1.807) is 7.11 Å². The number of nitrogens with zero attached hydrogens (tertiary/aromatic N) is 2. The molecule has 2 heterocycles. The first-order valence-corrected chi connectivity index (χ1v) is 6.65. The minimum absolute atomic E-state index is 0.571. The molecule has 19 heavy (non-hydrogen) atoms. The molecular formula is C14H19N3O2. The summed E-state index contributed by atoms with van der Waals surface area (Å²) < 4.78 is 12.7. The highest BCUT2D eigenvalue weighted by Crippen LogP contribution is 2.25. The van der Waals surface area contributed by atoms with Crippen molar-refractivity contribution in [3.05, 3.63) is 18.2 Å². The van der Waals surface area contributed by atoms with Crippen LogP contribution in [0.5, 0.6) is 5.75 Å². The Morgan fingerprint density at radius 1 is 1.53 bits per heavy atom. The molecule has 0 bridgehead atoms. The van der Waals surface area contributed by atoms with Crippen LogP contribution < -0.4 is 10.5 Å². The molecule has 1 atom stereocenters. The number of anilines is 1. The fourth-order valence-corrected chi connectivity index (χ4v) is 2.61. The molecule has 1 saturated heterocycles. The Kier molecular flexibility index (Phi) is 3.29. The van der Waals surface area contributed by atoms with Crippen molar-refractivity contribution in [2.75, 3.05) is 26.1 Å². The van der Waals surface area contributed by atoms with Gasteiger partial charge >= 0.3 is 0 Å². The molecule has 3 rings (SSSR count). The van der Waals surface area contributed by atoms with E-state index in [1.807, 2.05) is 18.2 Å². The molecule has 1 aliphatic rings. The first-order valence-electron chi connectivity index (χ1n) is 6.65. The third kappa shape index (κ3) is 2.38. The number of methoxy groups -OCH3 is 1. The summed E-state index contributed by atoms with van der Waals surface area (Å²) in [6.45, 7) is 2.64. The number of nitrogen functional groups attached to an aromatic ring is 1. The minimum atomic E-state index is 0.571. The monoisotopic (exact) mass is 261 g/mol. The van der Waals surface area contributed by atoms with E-state index in [2.05, 4.69) is 9.55 Å². The quantitative estimate of drug-likeness (QED) is 0.915. The molecule has 0 radical (unpaired) electrons. The van der Waals surface area contributed by atoms with Crippen molar-refractivity contribution in [1.29, 1.82) is 0 Å². The van der Waals surface area contributed by atoms with Crippen LogP contribution >= 0.6 is 0 Å². The van der Waals surface area contributed by atoms with Gasteiger partial charge in [-0.15, -0.1) is 0 Å². The average Bonchev–Trinajstić information content (AvgIpc) is 3.03. The molecule has 1 aliphatic heterocycles. The SMILES string of the molecule is COc1ccc2nc(N)n(CCC3CCOC3)c2c1. The number of imidazole rings is 1. The Hall–Kier alpha value is -1.75. The lowest BCUT2D eigenvalue weighted by molar-refractivity contribution is 0.183. The molecule has 5 heteroatoms. The second-order valence-corrected chi connectivity index (χ2v) is 4.99. The summed E-state index contributed by atoms with van der Waals surface area (Å²) in [5.41, 5.74) is 7.96. The van der Waals surface area contributed by atoms with Gasteiger partial charge in [-0.25, -0.2) is 4.98 Å². The van der Waals surface area contributed by atoms with Crippen molar-refractivity contribution in [1.82, 2.24) is 9.55 Å². The molecule has 0 saturated carbocycles. The molecule has 0 spiro atoms. The van der Waals surface area contributed by atoms with Gasteiger partial charge in [0.15, 0.2) is 0 Å². The highest BCUT2D eigenvalue weighted by Gasteiger charge is 2.17. The topological polar surface area (TPSA) is 62.3 Å². The predicted molar refractivity (Wildman–Crippen MR) is 74.2 cm³/mol. The molecule has 2 N–H and O–H groups in total. The largest absolute Gasteiger partial charge is 0.497 e. The van der Waals surface area contributed by atoms with E-state index in [0.29, 0.717) is 11.9 Å². The van der Waals surface area contributed by atoms with E-state index in [9.17, 15) is 0 Å². The van der Waals surface area contributed by atoms with Gasteiger partial charge in [0, 0.05) is 25.8 Å². The number of benzene rings is 1. The zero-order valence-electron chi connectivity index (χ0n) is 11.1. The van der Waals surface area contributed by atoms with E-state index in [-0.39, 0.29) is 0 Å². The summed E-state index contributed by atoms with van der Waals surface area (Å²) in [6.07, 6.45) is 2.22. The number of fused-ring (bicyclic) bond motifs is 1. The van der Waals surface area contributed by atoms with Crippen LogP contribution in [0, 0.1) is 5.92 Å². The van der Waals surface area contributed by atoms with Crippen LogP contribution in [0.25, 0.3) is 11.0 Å². The summed E-state index contributed by atoms with van der Waals surface area (Å²) in [5, 5.41) is 0. The van der Waals surface area contributed by atoms with Gasteiger partial charge in [-0.2, -0.15) is 0 Å². The van der Waals surface area contributed by atoms with Crippen LogP contribution in [-0.4, -0.2) is 29.9 Å². The van der Waals surface area contributed by atoms with Crippen LogP contribution in [-0.2, 0) is 11.3 Å². The van der Waals surface area contributed by atoms with Crippen molar-refractivity contribution in [3.63, 3.8) is 0 Å². The van der Waals surface area contributed by atoms with E-state index in [1.165, 1.54) is 0 Å². The Labute approximate surface area is 112 Å². The van der Waals surface area contributed by atoms with Crippen molar-refractivity contribution >= 4 is 17.0 Å². The first-order chi connectivity index (χ1) is 9.28. The van der Waals surface area contributed by atoms with Crippen molar-refractivity contribution in [2.45, 2.75) is 19.4 Å². The van der Waals surface area contributed by atoms with Crippen molar-refractivity contribution in [2.24, 2.45) is 5.92 Å². The number of aryl methyl sites for hydroxylation is 1. The summed E-state index contributed by atoms with van der Waals surface area (Å²) in [7, 11) is 1.67. The van der Waals surface area contributed by atoms with Gasteiger partial charge in [0.05, 0.1) is 18.1 Å². The van der Waals surface area contributed by atoms with Crippen LogP contribution in [0.1, 0.15) is 12.8 Å². The van der Waals surface area contributed by atoms with Gasteiger partial charge in [-0.3, -0.25) is 0 Å². The van der Waals surface area contributed by atoms with Crippen molar-refractivity contribution < 1.29 is 9.47 Å². The van der Waals surface area contributed by atoms with Crippen molar-refractivity contribution in [3.8, 4) is 5.75 Å². The molecular weight excluding hydrogens is 242 g/mol. The molecule has 1 aromatic heterocycles. The lowest BCUT2D eigenvalue weighted by Crippen LogP contribution is -2.08. The Morgan fingerprint density at radius 2 is 2.42 bits per heavy atom. The number of hydrogen-bond donors (Lipinski definition) is 1. The molecule has 0 amide bonds. The second-order valence-electron chi connectivity index (χ2n) is 4.99. The maximum Gasteiger partial charge on any atom is 0.201 e. The molecule has 102 valence electrons. The van der Waals surface area contributed by atoms with Gasteiger partial charge in [-0.05, 0) is 30.9 Å². The molecule has 1 fully saturated rings. The number of ether oxygens (including phenoxy) is 2. The Balaban J connectivity index is 1.85. The van der Waals surface area contributed by atoms with Gasteiger partial charge in [-0.1, -0.05) is 0 Å². The molecule has 1 unspecified atom stereocenters. The maximum atomic E-state index is 6.01. The number of nitrogens with two attached hydrogens (primary N) is 1. The molecule has 0 aliphatic carbocycles. The summed E-state index contributed by atoms with van der Waals surface area (Å²) in [6, 6.07) is 5.84. The zero-order valence-corrected chi connectivity index (χ0v) is 11.1. The number of hydrogen-bond acceptors (Lipinski definition) is 4. The smallest absolute Gasteiger partial charge is 0.201 e. The van der Waals surface area contributed by atoms with Gasteiger partial charge in [0.1, 0.15) is 5.75 Å². The first kappa shape index (κ1) is 12.3. The van der Waals surface area contributed by atoms with E-state index in [4.69, 9.17) is 15.2 Å². The van der Waals surface area contributed by atoms with E-state index in [0.717, 1.165) is 49.4 Å². The van der Waals surface area contributed by atoms with Crippen LogP contribution in [0.3, 0.4) is 0 Å². The fourth-order valence-electron chi connectivity index (χ4n) is 2.61. The average molecular weight is 261 g/mol. The summed E-state index contributed by atoms with van der Waals surface area (Å²) in [4.78, 5) is 4.39. The zero-order chi connectivity index (χ0) is 13.2. The molecule has 5 nitrogen and oxygen atoms in total. The molecule has 2 aromatic rings. The van der Waals surface area contributed by atoms with Crippen LogP contribution in [0.15, 0.2) is 18.2 Å². The predicted octanol–water partition coefficient (Wildman–Crippen LogP) is 2.05. The van der Waals surface area contributed by atoms with Gasteiger partial charge < -0.3 is 19.8 Å². The lowest BCUT2D eigenvalue weighted by Gasteiger charge is -2.10. The number of rotatable bonds is 4. The van der Waals surface area contributed by atoms with Crippen LogP contribution in [0.4, 0.5) is 5.95 Å². The second kappa shape index (κ2) is 5.09. The highest BCUT2D eigenvalue weighted by molar-refractivity contribution is 5.79. The Morgan fingerprint density at radius 3 is 3.16 bits per heavy atom. The highest BCUT2D eigenvalue weighted by atomic mass is 16.5. The number of aromatic nitrogens is 2. The van der Waals surface area contributed by atoms with E-state index >= 15 is 0 Å². The molecule has 1 aromatic carbocycles. The minimum Gasteiger partial charge on any atom is -0.497 e. The standard InChI is InChI=1S/C14H19N3O2/c1-18-11-2-3-12-13(8-11)17(14(15)16-12)6-4-10-5-7-19-9-10/h2-3,8,10H,4-7,9H2,1H3,(H2,15,16).